The first kappa shape index (κ1) is 44.4. The molecule has 4 aliphatic carbocycles. The van der Waals surface area contributed by atoms with Crippen LogP contribution in [0.4, 0.5) is 10.9 Å². The summed E-state index contributed by atoms with van der Waals surface area (Å²) in [7, 11) is 0. The Balaban J connectivity index is 0.888. The second-order valence-electron chi connectivity index (χ2n) is 19.8. The highest BCUT2D eigenvalue weighted by atomic mass is 32.1. The number of nitrogens with one attached hydrogen (secondary N) is 2. The number of anilines is 2. The van der Waals surface area contributed by atoms with E-state index in [1.807, 2.05) is 66.4 Å². The third-order valence-electron chi connectivity index (χ3n) is 14.2. The number of benzene rings is 2. The van der Waals surface area contributed by atoms with E-state index >= 15 is 0 Å². The zero-order chi connectivity index (χ0) is 45.0. The summed E-state index contributed by atoms with van der Waals surface area (Å²) in [4.78, 5) is 38.0. The minimum atomic E-state index is -1.40. The summed E-state index contributed by atoms with van der Waals surface area (Å²) in [6.45, 7) is 9.40. The van der Waals surface area contributed by atoms with Crippen LogP contribution >= 0.6 is 11.3 Å². The van der Waals surface area contributed by atoms with E-state index in [0.29, 0.717) is 67.8 Å². The third kappa shape index (κ3) is 8.68. The molecule has 2 aromatic carbocycles. The predicted octanol–water partition coefficient (Wildman–Crippen LogP) is 5.57. The minimum Gasteiger partial charge on any atom is -0.476 e. The van der Waals surface area contributed by atoms with Gasteiger partial charge in [0.2, 0.25) is 0 Å². The van der Waals surface area contributed by atoms with E-state index in [4.69, 9.17) is 19.9 Å². The fourth-order valence-electron chi connectivity index (χ4n) is 12.7. The van der Waals surface area contributed by atoms with E-state index in [0.717, 1.165) is 71.1 Å². The number of rotatable bonds is 17. The number of carboxylic acid groups (broad SMARTS) is 1. The van der Waals surface area contributed by atoms with E-state index in [9.17, 15) is 30.0 Å². The number of ether oxygens (including phenoxy) is 1. The molecule has 4 bridgehead atoms. The average molecular weight is 894 g/mol. The number of thiazole rings is 1. The van der Waals surface area contributed by atoms with Crippen LogP contribution in [0.15, 0.2) is 60.8 Å². The van der Waals surface area contributed by atoms with Crippen LogP contribution in [0.3, 0.4) is 0 Å². The summed E-state index contributed by atoms with van der Waals surface area (Å²) < 4.78 is 9.90. The monoisotopic (exact) mass is 893 g/mol. The van der Waals surface area contributed by atoms with Gasteiger partial charge in [0.05, 0.1) is 41.3 Å². The van der Waals surface area contributed by atoms with Gasteiger partial charge in [0.25, 0.3) is 5.91 Å². The number of hydrogen-bond donors (Lipinski definition) is 7. The lowest BCUT2D eigenvalue weighted by molar-refractivity contribution is -0.247. The molecular formula is C48H59N7O8S. The van der Waals surface area contributed by atoms with Crippen LogP contribution in [0.1, 0.15) is 96.5 Å². The molecule has 1 amide bonds. The molecule has 5 aromatic rings. The Morgan fingerprint density at radius 3 is 2.44 bits per heavy atom. The van der Waals surface area contributed by atoms with Gasteiger partial charge in [-0.1, -0.05) is 49.4 Å². The molecule has 4 heterocycles. The van der Waals surface area contributed by atoms with Crippen molar-refractivity contribution in [2.75, 3.05) is 43.1 Å². The van der Waals surface area contributed by atoms with Crippen LogP contribution in [0, 0.1) is 23.2 Å². The fourth-order valence-corrected chi connectivity index (χ4v) is 13.5. The van der Waals surface area contributed by atoms with Gasteiger partial charge in [-0.05, 0) is 123 Å². The van der Waals surface area contributed by atoms with Gasteiger partial charge in [-0.15, -0.1) is 0 Å². The highest BCUT2D eigenvalue weighted by molar-refractivity contribution is 7.22. The van der Waals surface area contributed by atoms with Gasteiger partial charge in [0, 0.05) is 48.6 Å². The number of hydrogen-bond acceptors (Lipinski definition) is 13. The Hall–Kier alpha value is -4.81. The Morgan fingerprint density at radius 1 is 0.906 bits per heavy atom. The van der Waals surface area contributed by atoms with Gasteiger partial charge in [-0.3, -0.25) is 14.8 Å². The van der Waals surface area contributed by atoms with Crippen LogP contribution in [0.2, 0.25) is 0 Å². The van der Waals surface area contributed by atoms with Crippen LogP contribution in [0.25, 0.3) is 21.3 Å². The lowest BCUT2D eigenvalue weighted by Crippen LogP contribution is -2.64. The van der Waals surface area contributed by atoms with E-state index in [-0.39, 0.29) is 39.9 Å². The quantitative estimate of drug-likeness (QED) is 0.0570. The maximum absolute atomic E-state index is 13.7. The first-order valence-corrected chi connectivity index (χ1v) is 23.2. The lowest BCUT2D eigenvalue weighted by atomic mass is 9.39. The highest BCUT2D eigenvalue weighted by Crippen LogP contribution is 2.72. The molecule has 7 N–H and O–H groups in total. The number of amides is 1. The number of nitrogens with zero attached hydrogens (tertiary/aromatic N) is 5. The van der Waals surface area contributed by atoms with E-state index in [1.54, 1.807) is 6.20 Å². The van der Waals surface area contributed by atoms with Crippen molar-refractivity contribution >= 4 is 44.4 Å². The summed E-state index contributed by atoms with van der Waals surface area (Å²) in [6, 6.07) is 17.2. The molecular weight excluding hydrogens is 835 g/mol. The third-order valence-corrected chi connectivity index (χ3v) is 15.2. The van der Waals surface area contributed by atoms with Gasteiger partial charge < -0.3 is 40.5 Å². The van der Waals surface area contributed by atoms with Gasteiger partial charge in [0.1, 0.15) is 18.0 Å². The lowest BCUT2D eigenvalue weighted by Gasteiger charge is -2.69. The van der Waals surface area contributed by atoms with Crippen molar-refractivity contribution in [1.29, 1.82) is 0 Å². The zero-order valence-electron chi connectivity index (χ0n) is 36.7. The van der Waals surface area contributed by atoms with Crippen molar-refractivity contribution in [2.24, 2.45) is 16.2 Å². The van der Waals surface area contributed by atoms with Crippen molar-refractivity contribution in [3.8, 4) is 11.1 Å². The molecule has 15 nitrogen and oxygen atoms in total. The molecule has 0 saturated heterocycles. The van der Waals surface area contributed by atoms with Crippen LogP contribution in [0.5, 0.6) is 0 Å². The van der Waals surface area contributed by atoms with Gasteiger partial charge >= 0.3 is 5.97 Å². The van der Waals surface area contributed by atoms with Crippen LogP contribution in [-0.2, 0) is 24.2 Å². The zero-order valence-corrected chi connectivity index (χ0v) is 37.5. The van der Waals surface area contributed by atoms with Gasteiger partial charge in [-0.2, -0.15) is 5.10 Å². The average Bonchev–Trinajstić information content (AvgIpc) is 3.83. The molecule has 4 saturated carbocycles. The number of pyridine rings is 1. The van der Waals surface area contributed by atoms with Crippen LogP contribution < -0.4 is 15.5 Å². The number of aliphatic hydroxyl groups is 4. The molecule has 3 aromatic heterocycles. The van der Waals surface area contributed by atoms with Crippen molar-refractivity contribution in [2.45, 2.75) is 109 Å². The fraction of sp³-hybridized carbons (Fsp3) is 0.521. The molecule has 0 spiro atoms. The Bertz CT molecular complexity index is 2510. The van der Waals surface area contributed by atoms with Gasteiger partial charge in [-0.25, -0.2) is 14.8 Å². The number of carbonyl (C=O) groups is 2. The Labute approximate surface area is 376 Å². The number of carbonyl (C=O) groups excluding carboxylic acids is 1. The molecule has 0 radical (unpaired) electrons. The molecule has 64 heavy (non-hydrogen) atoms. The van der Waals surface area contributed by atoms with E-state index in [1.165, 1.54) is 11.3 Å². The Kier molecular flexibility index (Phi) is 11.9. The smallest absolute Gasteiger partial charge is 0.355 e. The van der Waals surface area contributed by atoms with Crippen molar-refractivity contribution in [1.82, 2.24) is 25.1 Å². The largest absolute Gasteiger partial charge is 0.476 e. The minimum absolute atomic E-state index is 0.0444. The number of carboxylic acids is 1. The summed E-state index contributed by atoms with van der Waals surface area (Å²) in [5.41, 5.74) is 5.32. The number of para-hydroxylation sites is 1. The maximum Gasteiger partial charge on any atom is 0.355 e. The summed E-state index contributed by atoms with van der Waals surface area (Å²) in [6.07, 6.45) is 4.91. The molecule has 16 heteroatoms. The highest BCUT2D eigenvalue weighted by Gasteiger charge is 2.66. The first-order chi connectivity index (χ1) is 30.6. The Morgan fingerprint density at radius 2 is 1.69 bits per heavy atom. The molecule has 1 aliphatic heterocycles. The number of aromatic carboxylic acids is 1. The molecule has 340 valence electrons. The predicted molar refractivity (Wildman–Crippen MR) is 244 cm³/mol. The molecule has 4 fully saturated rings. The van der Waals surface area contributed by atoms with Crippen LogP contribution in [-0.4, -0.2) is 114 Å². The number of aliphatic hydroxyl groups excluding tert-OH is 4. The number of aromatic nitrogens is 4. The van der Waals surface area contributed by atoms with Crippen molar-refractivity contribution in [3.63, 3.8) is 0 Å². The first-order valence-electron chi connectivity index (χ1n) is 22.4. The summed E-state index contributed by atoms with van der Waals surface area (Å²) >= 11 is 1.43. The summed E-state index contributed by atoms with van der Waals surface area (Å²) in [5, 5.41) is 61.2. The topological polar surface area (TPSA) is 215 Å². The van der Waals surface area contributed by atoms with Crippen molar-refractivity contribution in [3.05, 3.63) is 88.9 Å². The molecule has 2 unspecified atom stereocenters. The standard InChI is InChI=1S/C48H59N7O8S/c1-29-33(19-50-55(29)28-47-23-45(2)22-46(3,24-47)26-48(25-45,27-47)63-18-16-49-15-13-36(57)41(59)37(58)21-56)31-11-12-39(52-40(31)43(61)62)54-17-14-30-7-6-8-32(34(30)20-54)42(60)53-44-51-35-9-4-5-10-38(35)64-44/h4-12,19,36-37,41,49,56-59H,13-18,20-28H2,1-3H3,(H,61,62)(H,51,53,60)/t36-,37-,41+,45?,46?,47?,48?/m1/s1. The molecule has 10 rings (SSSR count). The van der Waals surface area contributed by atoms with Crippen molar-refractivity contribution < 1.29 is 39.9 Å². The van der Waals surface area contributed by atoms with Gasteiger partial charge in [0.15, 0.2) is 10.8 Å². The molecule has 5 aliphatic rings. The van der Waals surface area contributed by atoms with E-state index < -0.39 is 30.9 Å². The maximum atomic E-state index is 13.7. The molecule has 5 atom stereocenters. The SMILES string of the molecule is Cc1c(-c2ccc(N3CCc4cccc(C(=O)Nc5nc6ccccc6s5)c4C3)nc2C(=O)O)cnn1CC12CC3(C)CC(C)(C1)CC(OCCNCC[C@@H](O)[C@H](O)[C@H](O)CO)(C3)C2. The normalized spacial score (nSPS) is 26.2. The second-order valence-corrected chi connectivity index (χ2v) is 20.8. The second kappa shape index (κ2) is 17.2. The summed E-state index contributed by atoms with van der Waals surface area (Å²) in [5.74, 6) is -0.831. The number of fused-ring (bicyclic) bond motifs is 2. The van der Waals surface area contributed by atoms with E-state index in [2.05, 4.69) is 34.1 Å².